The van der Waals surface area contributed by atoms with Gasteiger partial charge in [-0.1, -0.05) is 20.8 Å². The van der Waals surface area contributed by atoms with Crippen molar-refractivity contribution in [3.63, 3.8) is 0 Å². The maximum Gasteiger partial charge on any atom is 0.234 e. The number of hydrazine groups is 1. The molecule has 3 aliphatic rings. The molecule has 1 spiro atoms. The normalized spacial score (nSPS) is 22.3. The zero-order valence-electron chi connectivity index (χ0n) is 22.3. The van der Waals surface area contributed by atoms with Crippen molar-refractivity contribution in [3.8, 4) is 6.07 Å². The topological polar surface area (TPSA) is 92.5 Å². The Kier molecular flexibility index (Phi) is 6.63. The number of hydrogen-bond donors (Lipinski definition) is 0. The number of pyridine rings is 1. The zero-order chi connectivity index (χ0) is 26.2. The summed E-state index contributed by atoms with van der Waals surface area (Å²) in [5.41, 5.74) is 2.91. The molecule has 2 aromatic rings. The number of carbonyl (C=O) groups excluding carboxylic acids is 1. The van der Waals surface area contributed by atoms with Crippen molar-refractivity contribution >= 4 is 17.8 Å². The van der Waals surface area contributed by atoms with Gasteiger partial charge in [0.15, 0.2) is 5.82 Å². The molecule has 0 radical (unpaired) electrons. The third kappa shape index (κ3) is 5.16. The average Bonchev–Trinajstić information content (AvgIpc) is 3.15. The minimum absolute atomic E-state index is 0.0233. The zero-order valence-corrected chi connectivity index (χ0v) is 22.3. The summed E-state index contributed by atoms with van der Waals surface area (Å²) in [7, 11) is 2.06. The lowest BCUT2D eigenvalue weighted by molar-refractivity contribution is -0.139. The van der Waals surface area contributed by atoms with Crippen LogP contribution in [0.5, 0.6) is 0 Å². The second-order valence-electron chi connectivity index (χ2n) is 11.8. The van der Waals surface area contributed by atoms with E-state index in [1.165, 1.54) is 0 Å². The molecular formula is C28H36N8O. The fourth-order valence-electron chi connectivity index (χ4n) is 5.82. The summed E-state index contributed by atoms with van der Waals surface area (Å²) >= 11 is 0. The first-order chi connectivity index (χ1) is 17.7. The quantitative estimate of drug-likeness (QED) is 0.617. The minimum atomic E-state index is -0.299. The van der Waals surface area contributed by atoms with E-state index in [4.69, 9.17) is 0 Å². The van der Waals surface area contributed by atoms with Crippen molar-refractivity contribution in [2.75, 3.05) is 44.8 Å². The van der Waals surface area contributed by atoms with E-state index < -0.39 is 0 Å². The van der Waals surface area contributed by atoms with E-state index in [1.54, 1.807) is 18.6 Å². The third-order valence-electron chi connectivity index (χ3n) is 7.63. The summed E-state index contributed by atoms with van der Waals surface area (Å²) in [5, 5.41) is 13.7. The van der Waals surface area contributed by atoms with E-state index in [-0.39, 0.29) is 22.6 Å². The Balaban J connectivity index is 1.34. The second-order valence-corrected chi connectivity index (χ2v) is 11.8. The first-order valence-electron chi connectivity index (χ1n) is 13.1. The standard InChI is InChI=1S/C28H36N8O/c1-27(2,3)19-36-25-22(16-31-24(15-29)32-25)14-23(33(36)4)18-34-12-5-8-28(20-34)9-13-35(26(28)37)17-21-6-10-30-11-7-21/h6-7,10-11,14,16H,5,8-9,12-13,17-20H2,1-4H3. The van der Waals surface area contributed by atoms with Gasteiger partial charge in [0, 0.05) is 69.6 Å². The fourth-order valence-corrected chi connectivity index (χ4v) is 5.82. The van der Waals surface area contributed by atoms with E-state index in [2.05, 4.69) is 69.8 Å². The highest BCUT2D eigenvalue weighted by Crippen LogP contribution is 2.41. The first kappa shape index (κ1) is 25.2. The van der Waals surface area contributed by atoms with Crippen LogP contribution in [0.25, 0.3) is 6.08 Å². The number of piperidine rings is 1. The van der Waals surface area contributed by atoms with E-state index >= 15 is 0 Å². The Labute approximate surface area is 219 Å². The largest absolute Gasteiger partial charge is 0.338 e. The molecule has 0 N–H and O–H groups in total. The lowest BCUT2D eigenvalue weighted by Crippen LogP contribution is -2.52. The maximum absolute atomic E-state index is 13.6. The molecule has 0 bridgehead atoms. The number of likely N-dealkylation sites (tertiary alicyclic amines) is 2. The molecule has 2 fully saturated rings. The van der Waals surface area contributed by atoms with Crippen molar-refractivity contribution < 1.29 is 4.79 Å². The van der Waals surface area contributed by atoms with E-state index in [1.807, 2.05) is 17.0 Å². The average molecular weight is 501 g/mol. The molecule has 0 aliphatic carbocycles. The van der Waals surface area contributed by atoms with Gasteiger partial charge in [0.2, 0.25) is 11.7 Å². The van der Waals surface area contributed by atoms with Crippen LogP contribution >= 0.6 is 0 Å². The number of aromatic nitrogens is 3. The summed E-state index contributed by atoms with van der Waals surface area (Å²) in [6.07, 6.45) is 10.3. The molecule has 1 atom stereocenters. The van der Waals surface area contributed by atoms with Gasteiger partial charge in [-0.2, -0.15) is 10.2 Å². The van der Waals surface area contributed by atoms with Crippen LogP contribution in [0.4, 0.5) is 5.82 Å². The molecule has 1 unspecified atom stereocenters. The molecule has 2 aromatic heterocycles. The number of anilines is 1. The maximum atomic E-state index is 13.6. The van der Waals surface area contributed by atoms with Crippen LogP contribution in [0.1, 0.15) is 57.0 Å². The smallest absolute Gasteiger partial charge is 0.234 e. The highest BCUT2D eigenvalue weighted by Gasteiger charge is 2.48. The molecule has 9 nitrogen and oxygen atoms in total. The number of fused-ring (bicyclic) bond motifs is 1. The second kappa shape index (κ2) is 9.75. The molecule has 0 aromatic carbocycles. The molecular weight excluding hydrogens is 464 g/mol. The molecule has 3 aliphatic heterocycles. The SMILES string of the molecule is CN1C(CN2CCCC3(CCN(Cc4ccncc4)C3=O)C2)=Cc2cnc(C#N)nc2N1CC(C)(C)C. The predicted octanol–water partition coefficient (Wildman–Crippen LogP) is 3.31. The number of nitrogens with zero attached hydrogens (tertiary/aromatic N) is 8. The molecule has 2 saturated heterocycles. The number of likely N-dealkylation sites (N-methyl/N-ethyl adjacent to an activating group) is 1. The minimum Gasteiger partial charge on any atom is -0.338 e. The van der Waals surface area contributed by atoms with Crippen molar-refractivity contribution in [1.29, 1.82) is 5.26 Å². The summed E-state index contributed by atoms with van der Waals surface area (Å²) in [6.45, 7) is 11.3. The molecule has 0 saturated carbocycles. The molecule has 1 amide bonds. The molecule has 5 rings (SSSR count). The van der Waals surface area contributed by atoms with Gasteiger partial charge in [0.25, 0.3) is 0 Å². The lowest BCUT2D eigenvalue weighted by atomic mass is 9.78. The molecule has 9 heteroatoms. The Bertz CT molecular complexity index is 1230. The van der Waals surface area contributed by atoms with E-state index in [9.17, 15) is 10.1 Å². The van der Waals surface area contributed by atoms with Crippen LogP contribution in [-0.4, -0.2) is 75.4 Å². The monoisotopic (exact) mass is 500 g/mol. The lowest BCUT2D eigenvalue weighted by Gasteiger charge is -2.45. The van der Waals surface area contributed by atoms with Gasteiger partial charge in [0.1, 0.15) is 6.07 Å². The summed E-state index contributed by atoms with van der Waals surface area (Å²) in [4.78, 5) is 31.0. The highest BCUT2D eigenvalue weighted by atomic mass is 16.2. The van der Waals surface area contributed by atoms with Gasteiger partial charge in [0.05, 0.1) is 5.41 Å². The van der Waals surface area contributed by atoms with Gasteiger partial charge in [-0.15, -0.1) is 0 Å². The third-order valence-corrected chi connectivity index (χ3v) is 7.63. The first-order valence-corrected chi connectivity index (χ1v) is 13.1. The molecule has 37 heavy (non-hydrogen) atoms. The number of hydrogen-bond acceptors (Lipinski definition) is 8. The molecule has 194 valence electrons. The number of amides is 1. The van der Waals surface area contributed by atoms with Crippen molar-refractivity contribution in [3.05, 3.63) is 53.4 Å². The van der Waals surface area contributed by atoms with Gasteiger partial charge >= 0.3 is 0 Å². The van der Waals surface area contributed by atoms with Crippen LogP contribution in [0.2, 0.25) is 0 Å². The van der Waals surface area contributed by atoms with Gasteiger partial charge in [-0.3, -0.25) is 24.7 Å². The van der Waals surface area contributed by atoms with Crippen LogP contribution in [-0.2, 0) is 11.3 Å². The summed E-state index contributed by atoms with van der Waals surface area (Å²) < 4.78 is 0. The van der Waals surface area contributed by atoms with Crippen molar-refractivity contribution in [1.82, 2.24) is 29.8 Å². The summed E-state index contributed by atoms with van der Waals surface area (Å²) in [5.74, 6) is 1.23. The molecule has 5 heterocycles. The van der Waals surface area contributed by atoms with Crippen LogP contribution in [0.15, 0.2) is 36.4 Å². The van der Waals surface area contributed by atoms with Crippen LogP contribution in [0.3, 0.4) is 0 Å². The number of rotatable bonds is 5. The van der Waals surface area contributed by atoms with Gasteiger partial charge in [-0.25, -0.2) is 4.98 Å². The van der Waals surface area contributed by atoms with E-state index in [0.29, 0.717) is 6.54 Å². The van der Waals surface area contributed by atoms with Crippen LogP contribution < -0.4 is 5.01 Å². The van der Waals surface area contributed by atoms with Crippen LogP contribution in [0, 0.1) is 22.2 Å². The summed E-state index contributed by atoms with van der Waals surface area (Å²) in [6, 6.07) is 6.04. The van der Waals surface area contributed by atoms with Crippen molar-refractivity contribution in [2.24, 2.45) is 10.8 Å². The van der Waals surface area contributed by atoms with Crippen molar-refractivity contribution in [2.45, 2.75) is 46.6 Å². The van der Waals surface area contributed by atoms with Gasteiger partial charge < -0.3 is 4.90 Å². The Hall–Kier alpha value is -3.51. The number of nitriles is 1. The van der Waals surface area contributed by atoms with E-state index in [0.717, 1.165) is 74.6 Å². The predicted molar refractivity (Wildman–Crippen MR) is 142 cm³/mol. The Morgan fingerprint density at radius 3 is 2.65 bits per heavy atom. The number of carbonyl (C=O) groups is 1. The Morgan fingerprint density at radius 2 is 1.92 bits per heavy atom. The van der Waals surface area contributed by atoms with Gasteiger partial charge in [-0.05, 0) is 55.0 Å². The Morgan fingerprint density at radius 1 is 1.14 bits per heavy atom. The highest BCUT2D eigenvalue weighted by molar-refractivity contribution is 5.85. The fraction of sp³-hybridized carbons (Fsp3) is 0.536.